The van der Waals surface area contributed by atoms with Crippen LogP contribution in [0.5, 0.6) is 5.75 Å². The number of phenolic OH excluding ortho intramolecular Hbond substituents is 1. The van der Waals surface area contributed by atoms with E-state index in [4.69, 9.17) is 11.6 Å². The summed E-state index contributed by atoms with van der Waals surface area (Å²) in [6.07, 6.45) is 0. The molecule has 1 amide bonds. The second-order valence-corrected chi connectivity index (χ2v) is 5.40. The molecule has 0 saturated heterocycles. The summed E-state index contributed by atoms with van der Waals surface area (Å²) in [4.78, 5) is 12.0. The molecule has 0 aliphatic rings. The summed E-state index contributed by atoms with van der Waals surface area (Å²) in [5.41, 5.74) is 0.502. The van der Waals surface area contributed by atoms with Crippen LogP contribution < -0.4 is 5.32 Å². The van der Waals surface area contributed by atoms with E-state index < -0.39 is 11.7 Å². The topological polar surface area (TPSA) is 49.3 Å². The highest BCUT2D eigenvalue weighted by Crippen LogP contribution is 2.23. The second-order valence-electron chi connectivity index (χ2n) is 3.74. The first-order chi connectivity index (χ1) is 8.97. The van der Waals surface area contributed by atoms with Crippen LogP contribution in [0.3, 0.4) is 0 Å². The van der Waals surface area contributed by atoms with E-state index in [1.165, 1.54) is 18.2 Å². The van der Waals surface area contributed by atoms with Crippen LogP contribution in [-0.2, 0) is 0 Å². The Hall–Kier alpha value is -1.34. The van der Waals surface area contributed by atoms with Gasteiger partial charge in [0.05, 0.1) is 10.6 Å². The van der Waals surface area contributed by atoms with E-state index >= 15 is 0 Å². The summed E-state index contributed by atoms with van der Waals surface area (Å²) < 4.78 is 13.8. The molecule has 0 saturated carbocycles. The largest absolute Gasteiger partial charge is 0.507 e. The van der Waals surface area contributed by atoms with Gasteiger partial charge in [-0.25, -0.2) is 4.39 Å². The van der Waals surface area contributed by atoms with Crippen LogP contribution in [0.25, 0.3) is 0 Å². The van der Waals surface area contributed by atoms with E-state index in [1.807, 2.05) is 22.6 Å². The molecule has 0 spiro atoms. The van der Waals surface area contributed by atoms with Gasteiger partial charge in [-0.05, 0) is 59.0 Å². The highest BCUT2D eigenvalue weighted by molar-refractivity contribution is 14.1. The average molecular weight is 392 g/mol. The van der Waals surface area contributed by atoms with Gasteiger partial charge in [-0.1, -0.05) is 11.6 Å². The summed E-state index contributed by atoms with van der Waals surface area (Å²) in [7, 11) is 0. The number of hydrogen-bond donors (Lipinski definition) is 2. The van der Waals surface area contributed by atoms with Crippen molar-refractivity contribution in [3.63, 3.8) is 0 Å². The number of anilines is 1. The third-order valence-electron chi connectivity index (χ3n) is 2.38. The SMILES string of the molecule is O=C(Nc1ccc(F)c(Cl)c1)c1cc(I)ccc1O. The molecule has 0 heterocycles. The first kappa shape index (κ1) is 14.1. The molecular formula is C13H8ClFINO2. The molecular weight excluding hydrogens is 384 g/mol. The van der Waals surface area contributed by atoms with Crippen molar-refractivity contribution in [2.45, 2.75) is 0 Å². The van der Waals surface area contributed by atoms with E-state index in [1.54, 1.807) is 12.1 Å². The lowest BCUT2D eigenvalue weighted by Crippen LogP contribution is -2.12. The number of aromatic hydroxyl groups is 1. The number of amides is 1. The molecule has 0 aliphatic heterocycles. The monoisotopic (exact) mass is 391 g/mol. The van der Waals surface area contributed by atoms with Crippen LogP contribution in [0.4, 0.5) is 10.1 Å². The molecule has 0 aromatic heterocycles. The number of benzene rings is 2. The predicted octanol–water partition coefficient (Wildman–Crippen LogP) is 4.04. The summed E-state index contributed by atoms with van der Waals surface area (Å²) in [5, 5.41) is 12.1. The van der Waals surface area contributed by atoms with Crippen LogP contribution in [-0.4, -0.2) is 11.0 Å². The van der Waals surface area contributed by atoms with Crippen molar-refractivity contribution in [1.82, 2.24) is 0 Å². The van der Waals surface area contributed by atoms with Gasteiger partial charge in [0, 0.05) is 9.26 Å². The summed E-state index contributed by atoms with van der Waals surface area (Å²) >= 11 is 7.66. The van der Waals surface area contributed by atoms with Gasteiger partial charge in [0.25, 0.3) is 5.91 Å². The van der Waals surface area contributed by atoms with Gasteiger partial charge in [-0.2, -0.15) is 0 Å². The maximum absolute atomic E-state index is 13.0. The molecule has 6 heteroatoms. The third-order valence-corrected chi connectivity index (χ3v) is 3.34. The maximum Gasteiger partial charge on any atom is 0.259 e. The molecule has 19 heavy (non-hydrogen) atoms. The minimum absolute atomic E-state index is 0.0790. The molecule has 0 unspecified atom stereocenters. The Kier molecular flexibility index (Phi) is 4.26. The van der Waals surface area contributed by atoms with Crippen molar-refractivity contribution >= 4 is 45.8 Å². The van der Waals surface area contributed by atoms with Gasteiger partial charge >= 0.3 is 0 Å². The van der Waals surface area contributed by atoms with Gasteiger partial charge in [-0.15, -0.1) is 0 Å². The van der Waals surface area contributed by atoms with E-state index in [-0.39, 0.29) is 16.3 Å². The van der Waals surface area contributed by atoms with Gasteiger partial charge in [0.2, 0.25) is 0 Å². The number of hydrogen-bond acceptors (Lipinski definition) is 2. The number of nitrogens with one attached hydrogen (secondary N) is 1. The van der Waals surface area contributed by atoms with Crippen LogP contribution in [0, 0.1) is 9.39 Å². The first-order valence-corrected chi connectivity index (χ1v) is 6.68. The third kappa shape index (κ3) is 3.36. The minimum Gasteiger partial charge on any atom is -0.507 e. The van der Waals surface area contributed by atoms with Crippen molar-refractivity contribution in [3.8, 4) is 5.75 Å². The Balaban J connectivity index is 2.25. The van der Waals surface area contributed by atoms with Gasteiger partial charge in [0.1, 0.15) is 11.6 Å². The molecule has 2 N–H and O–H groups in total. The normalized spacial score (nSPS) is 10.3. The average Bonchev–Trinajstić information content (AvgIpc) is 2.36. The van der Waals surface area contributed by atoms with Crippen LogP contribution in [0.1, 0.15) is 10.4 Å². The second kappa shape index (κ2) is 5.75. The highest BCUT2D eigenvalue weighted by atomic mass is 127. The summed E-state index contributed by atoms with van der Waals surface area (Å²) in [6, 6.07) is 8.53. The van der Waals surface area contributed by atoms with E-state index in [9.17, 15) is 14.3 Å². The molecule has 0 radical (unpaired) electrons. The number of carbonyl (C=O) groups is 1. The summed E-state index contributed by atoms with van der Waals surface area (Å²) in [6.45, 7) is 0. The van der Waals surface area contributed by atoms with Crippen molar-refractivity contribution in [2.75, 3.05) is 5.32 Å². The Morgan fingerprint density at radius 1 is 1.26 bits per heavy atom. The Bertz CT molecular complexity index is 649. The van der Waals surface area contributed by atoms with Crippen molar-refractivity contribution in [1.29, 1.82) is 0 Å². The molecule has 0 aliphatic carbocycles. The standard InChI is InChI=1S/C13H8ClFINO2/c14-10-6-8(2-3-11(10)15)17-13(19)9-5-7(16)1-4-12(9)18/h1-6,18H,(H,17,19). The van der Waals surface area contributed by atoms with Crippen LogP contribution >= 0.6 is 34.2 Å². The van der Waals surface area contributed by atoms with E-state index in [0.717, 1.165) is 9.64 Å². The van der Waals surface area contributed by atoms with Gasteiger partial charge in [0.15, 0.2) is 0 Å². The molecule has 98 valence electrons. The number of carbonyl (C=O) groups excluding carboxylic acids is 1. The quantitative estimate of drug-likeness (QED) is 0.759. The molecule has 0 bridgehead atoms. The first-order valence-electron chi connectivity index (χ1n) is 5.22. The van der Waals surface area contributed by atoms with Crippen LogP contribution in [0.2, 0.25) is 5.02 Å². The zero-order chi connectivity index (χ0) is 14.0. The number of halogens is 3. The Labute approximate surface area is 127 Å². The predicted molar refractivity (Wildman–Crippen MR) is 80.2 cm³/mol. The zero-order valence-electron chi connectivity index (χ0n) is 9.45. The molecule has 2 aromatic rings. The van der Waals surface area contributed by atoms with E-state index in [0.29, 0.717) is 5.69 Å². The zero-order valence-corrected chi connectivity index (χ0v) is 12.4. The fourth-order valence-electron chi connectivity index (χ4n) is 1.46. The molecule has 0 atom stereocenters. The van der Waals surface area contributed by atoms with E-state index in [2.05, 4.69) is 5.32 Å². The lowest BCUT2D eigenvalue weighted by molar-refractivity contribution is 0.102. The Morgan fingerprint density at radius 2 is 2.00 bits per heavy atom. The number of rotatable bonds is 2. The van der Waals surface area contributed by atoms with Gasteiger partial charge < -0.3 is 10.4 Å². The van der Waals surface area contributed by atoms with Crippen molar-refractivity contribution < 1.29 is 14.3 Å². The van der Waals surface area contributed by atoms with Crippen LogP contribution in [0.15, 0.2) is 36.4 Å². The fourth-order valence-corrected chi connectivity index (χ4v) is 2.13. The van der Waals surface area contributed by atoms with Gasteiger partial charge in [-0.3, -0.25) is 4.79 Å². The fraction of sp³-hybridized carbons (Fsp3) is 0. The molecule has 2 rings (SSSR count). The smallest absolute Gasteiger partial charge is 0.259 e. The minimum atomic E-state index is -0.559. The van der Waals surface area contributed by atoms with Crippen molar-refractivity contribution in [2.24, 2.45) is 0 Å². The molecule has 2 aromatic carbocycles. The molecule has 3 nitrogen and oxygen atoms in total. The highest BCUT2D eigenvalue weighted by Gasteiger charge is 2.12. The Morgan fingerprint density at radius 3 is 2.68 bits per heavy atom. The maximum atomic E-state index is 13.0. The lowest BCUT2D eigenvalue weighted by atomic mass is 10.2. The molecule has 0 fully saturated rings. The lowest BCUT2D eigenvalue weighted by Gasteiger charge is -2.08. The summed E-state index contributed by atoms with van der Waals surface area (Å²) in [5.74, 6) is -1.17. The number of phenols is 1. The van der Waals surface area contributed by atoms with Crippen molar-refractivity contribution in [3.05, 3.63) is 56.4 Å².